The fourth-order valence-electron chi connectivity index (χ4n) is 3.60. The second-order valence-corrected chi connectivity index (χ2v) is 9.73. The quantitative estimate of drug-likeness (QED) is 0.613. The molecule has 2 aromatic carbocycles. The Morgan fingerprint density at radius 1 is 1.03 bits per heavy atom. The van der Waals surface area contributed by atoms with Crippen LogP contribution in [0.5, 0.6) is 0 Å². The van der Waals surface area contributed by atoms with Gasteiger partial charge in [-0.3, -0.25) is 0 Å². The van der Waals surface area contributed by atoms with Gasteiger partial charge in [0.2, 0.25) is 26.6 Å². The number of hydrogen-bond donors (Lipinski definition) is 0. The Morgan fingerprint density at radius 2 is 1.69 bits per heavy atom. The third-order valence-corrected chi connectivity index (χ3v) is 7.15. The van der Waals surface area contributed by atoms with Crippen LogP contribution in [-0.4, -0.2) is 26.5 Å². The molecule has 1 saturated heterocycles. The lowest BCUT2D eigenvalue weighted by Gasteiger charge is -2.30. The van der Waals surface area contributed by atoms with Crippen LogP contribution in [-0.2, 0) is 16.3 Å². The van der Waals surface area contributed by atoms with Gasteiger partial charge < -0.3 is 9.32 Å². The number of rotatable bonds is 5. The smallest absolute Gasteiger partial charge is 0.236 e. The zero-order chi connectivity index (χ0) is 20.4. The SMILES string of the molecule is Cc1ccc(S(=O)(=O)c2nc(Cc3ccccc3)oc2N2CCC(C)CC2)cc1. The van der Waals surface area contributed by atoms with Crippen LogP contribution in [0.1, 0.15) is 36.8 Å². The molecule has 0 amide bonds. The second kappa shape index (κ2) is 8.03. The number of anilines is 1. The Balaban J connectivity index is 1.75. The van der Waals surface area contributed by atoms with Crippen molar-refractivity contribution in [2.45, 2.75) is 43.0 Å². The Morgan fingerprint density at radius 3 is 2.34 bits per heavy atom. The zero-order valence-corrected chi connectivity index (χ0v) is 17.7. The number of benzene rings is 2. The molecule has 4 rings (SSSR count). The molecule has 0 radical (unpaired) electrons. The molecule has 0 spiro atoms. The molecule has 0 N–H and O–H groups in total. The number of hydrogen-bond acceptors (Lipinski definition) is 5. The Bertz CT molecular complexity index is 1070. The van der Waals surface area contributed by atoms with E-state index in [-0.39, 0.29) is 9.92 Å². The first-order valence-corrected chi connectivity index (χ1v) is 11.5. The van der Waals surface area contributed by atoms with Gasteiger partial charge in [0.25, 0.3) is 0 Å². The van der Waals surface area contributed by atoms with Crippen LogP contribution < -0.4 is 4.90 Å². The van der Waals surface area contributed by atoms with Crippen molar-refractivity contribution in [3.63, 3.8) is 0 Å². The molecule has 1 aliphatic rings. The van der Waals surface area contributed by atoms with E-state index >= 15 is 0 Å². The predicted molar refractivity (Wildman–Crippen MR) is 113 cm³/mol. The van der Waals surface area contributed by atoms with E-state index < -0.39 is 9.84 Å². The van der Waals surface area contributed by atoms with Gasteiger partial charge in [-0.1, -0.05) is 55.0 Å². The molecule has 5 nitrogen and oxygen atoms in total. The monoisotopic (exact) mass is 410 g/mol. The van der Waals surface area contributed by atoms with Gasteiger partial charge in [-0.15, -0.1) is 0 Å². The minimum absolute atomic E-state index is 0.0295. The van der Waals surface area contributed by atoms with Crippen molar-refractivity contribution in [3.05, 3.63) is 71.6 Å². The van der Waals surface area contributed by atoms with Gasteiger partial charge >= 0.3 is 0 Å². The molecule has 152 valence electrons. The lowest BCUT2D eigenvalue weighted by Crippen LogP contribution is -2.33. The van der Waals surface area contributed by atoms with Crippen molar-refractivity contribution < 1.29 is 12.8 Å². The van der Waals surface area contributed by atoms with Crippen molar-refractivity contribution in [1.29, 1.82) is 0 Å². The Kier molecular flexibility index (Phi) is 5.46. The van der Waals surface area contributed by atoms with Crippen molar-refractivity contribution in [2.75, 3.05) is 18.0 Å². The molecule has 2 heterocycles. The van der Waals surface area contributed by atoms with Crippen molar-refractivity contribution in [1.82, 2.24) is 4.98 Å². The van der Waals surface area contributed by atoms with Gasteiger partial charge in [-0.25, -0.2) is 8.42 Å². The summed E-state index contributed by atoms with van der Waals surface area (Å²) in [4.78, 5) is 6.75. The minimum Gasteiger partial charge on any atom is -0.423 e. The molecular weight excluding hydrogens is 384 g/mol. The van der Waals surface area contributed by atoms with Gasteiger partial charge in [0.1, 0.15) is 0 Å². The van der Waals surface area contributed by atoms with Crippen LogP contribution in [0, 0.1) is 12.8 Å². The molecule has 0 aliphatic carbocycles. The van der Waals surface area contributed by atoms with E-state index in [1.54, 1.807) is 24.3 Å². The highest BCUT2D eigenvalue weighted by Crippen LogP contribution is 2.34. The Labute approximate surface area is 172 Å². The molecule has 0 saturated carbocycles. The van der Waals surface area contributed by atoms with E-state index in [0.717, 1.165) is 37.1 Å². The summed E-state index contributed by atoms with van der Waals surface area (Å²) in [6, 6.07) is 16.7. The average molecular weight is 411 g/mol. The van der Waals surface area contributed by atoms with Crippen LogP contribution in [0.25, 0.3) is 0 Å². The molecule has 1 aliphatic heterocycles. The van der Waals surface area contributed by atoms with Gasteiger partial charge in [0.15, 0.2) is 0 Å². The van der Waals surface area contributed by atoms with Crippen LogP contribution in [0.15, 0.2) is 68.9 Å². The summed E-state index contributed by atoms with van der Waals surface area (Å²) in [6.07, 6.45) is 2.49. The van der Waals surface area contributed by atoms with Crippen molar-refractivity contribution >= 4 is 15.7 Å². The van der Waals surface area contributed by atoms with E-state index in [4.69, 9.17) is 4.42 Å². The predicted octanol–water partition coefficient (Wildman–Crippen LogP) is 4.64. The van der Waals surface area contributed by atoms with Crippen LogP contribution in [0.4, 0.5) is 5.88 Å². The fraction of sp³-hybridized carbons (Fsp3) is 0.348. The largest absolute Gasteiger partial charge is 0.423 e. The molecule has 3 aromatic rings. The molecule has 0 unspecified atom stereocenters. The fourth-order valence-corrected chi connectivity index (χ4v) is 4.94. The lowest BCUT2D eigenvalue weighted by atomic mass is 9.99. The second-order valence-electron chi connectivity index (χ2n) is 7.87. The minimum atomic E-state index is -3.77. The number of oxazole rings is 1. The molecule has 0 bridgehead atoms. The summed E-state index contributed by atoms with van der Waals surface area (Å²) in [5, 5.41) is 0.0295. The van der Waals surface area contributed by atoms with Crippen LogP contribution >= 0.6 is 0 Å². The lowest BCUT2D eigenvalue weighted by molar-refractivity contribution is 0.408. The van der Waals surface area contributed by atoms with Crippen LogP contribution in [0.3, 0.4) is 0 Å². The highest BCUT2D eigenvalue weighted by Gasteiger charge is 2.32. The third kappa shape index (κ3) is 4.22. The first-order valence-electron chi connectivity index (χ1n) is 10.0. The van der Waals surface area contributed by atoms with E-state index in [2.05, 4.69) is 11.9 Å². The number of aryl methyl sites for hydroxylation is 1. The van der Waals surface area contributed by atoms with Gasteiger partial charge in [0.05, 0.1) is 4.90 Å². The van der Waals surface area contributed by atoms with Crippen LogP contribution in [0.2, 0.25) is 0 Å². The number of piperidine rings is 1. The van der Waals surface area contributed by atoms with E-state index in [1.807, 2.05) is 42.2 Å². The summed E-state index contributed by atoms with van der Waals surface area (Å²) >= 11 is 0. The van der Waals surface area contributed by atoms with Gasteiger partial charge in [-0.05, 0) is 43.4 Å². The number of nitrogens with zero attached hydrogens (tertiary/aromatic N) is 2. The molecule has 1 aromatic heterocycles. The van der Waals surface area contributed by atoms with Gasteiger partial charge in [-0.2, -0.15) is 4.98 Å². The summed E-state index contributed by atoms with van der Waals surface area (Å²) in [5.74, 6) is 1.44. The summed E-state index contributed by atoms with van der Waals surface area (Å²) in [7, 11) is -3.77. The number of aromatic nitrogens is 1. The number of sulfone groups is 1. The van der Waals surface area contributed by atoms with Crippen molar-refractivity contribution in [2.24, 2.45) is 5.92 Å². The van der Waals surface area contributed by atoms with Crippen molar-refractivity contribution in [3.8, 4) is 0 Å². The standard InChI is InChI=1S/C23H26N2O3S/c1-17-8-10-20(11-9-17)29(26,27)22-23(25-14-12-18(2)13-15-25)28-21(24-22)16-19-6-4-3-5-7-19/h3-11,18H,12-16H2,1-2H3. The first-order chi connectivity index (χ1) is 13.9. The van der Waals surface area contributed by atoms with Gasteiger partial charge in [0, 0.05) is 19.5 Å². The molecule has 6 heteroatoms. The van der Waals surface area contributed by atoms with E-state index in [0.29, 0.717) is 24.1 Å². The molecule has 0 atom stereocenters. The highest BCUT2D eigenvalue weighted by molar-refractivity contribution is 7.91. The summed E-state index contributed by atoms with van der Waals surface area (Å²) in [5.41, 5.74) is 2.05. The molecular formula is C23H26N2O3S. The topological polar surface area (TPSA) is 63.4 Å². The molecule has 1 fully saturated rings. The summed E-state index contributed by atoms with van der Waals surface area (Å²) < 4.78 is 32.8. The Hall–Kier alpha value is -2.60. The maximum Gasteiger partial charge on any atom is 0.236 e. The highest BCUT2D eigenvalue weighted by atomic mass is 32.2. The normalized spacial score (nSPS) is 15.6. The van der Waals surface area contributed by atoms with E-state index in [9.17, 15) is 8.42 Å². The maximum absolute atomic E-state index is 13.4. The first kappa shape index (κ1) is 19.7. The maximum atomic E-state index is 13.4. The zero-order valence-electron chi connectivity index (χ0n) is 16.8. The third-order valence-electron chi connectivity index (χ3n) is 5.48. The van der Waals surface area contributed by atoms with E-state index in [1.165, 1.54) is 0 Å². The average Bonchev–Trinajstić information content (AvgIpc) is 3.14. The summed E-state index contributed by atoms with van der Waals surface area (Å²) in [6.45, 7) is 5.71. The molecule has 29 heavy (non-hydrogen) atoms.